The Bertz CT molecular complexity index is 942. The number of nitrogens with zero attached hydrogens (tertiary/aromatic N) is 1. The average Bonchev–Trinajstić information content (AvgIpc) is 2.64. The largest absolute Gasteiger partial charge is 0.496 e. The lowest BCUT2D eigenvalue weighted by molar-refractivity contribution is -0.112. The Morgan fingerprint density at radius 3 is 2.44 bits per heavy atom. The van der Waals surface area contributed by atoms with Gasteiger partial charge in [-0.25, -0.2) is 0 Å². The van der Waals surface area contributed by atoms with Gasteiger partial charge in [0.25, 0.3) is 5.91 Å². The van der Waals surface area contributed by atoms with Crippen LogP contribution in [0.25, 0.3) is 0 Å². The second-order valence-corrected chi connectivity index (χ2v) is 7.06. The van der Waals surface area contributed by atoms with Crippen LogP contribution in [0.5, 0.6) is 11.5 Å². The van der Waals surface area contributed by atoms with Gasteiger partial charge in [-0.05, 0) is 46.9 Å². The number of nitrogens with one attached hydrogen (secondary N) is 2. The molecule has 27 heavy (non-hydrogen) atoms. The van der Waals surface area contributed by atoms with Crippen LogP contribution in [0.1, 0.15) is 0 Å². The van der Waals surface area contributed by atoms with Gasteiger partial charge < -0.3 is 20.1 Å². The van der Waals surface area contributed by atoms with E-state index in [1.54, 1.807) is 19.2 Å². The van der Waals surface area contributed by atoms with Gasteiger partial charge in [-0.3, -0.25) is 4.79 Å². The van der Waals surface area contributed by atoms with Crippen LogP contribution in [0.3, 0.4) is 0 Å². The molecule has 2 aromatic carbocycles. The molecule has 6 nitrogen and oxygen atoms in total. The van der Waals surface area contributed by atoms with Crippen molar-refractivity contribution in [2.24, 2.45) is 0 Å². The summed E-state index contributed by atoms with van der Waals surface area (Å²) in [5.74, 6) is 0.457. The molecular weight excluding hydrogens is 504 g/mol. The summed E-state index contributed by atoms with van der Waals surface area (Å²) < 4.78 is 11.2. The number of hydrogen-bond acceptors (Lipinski definition) is 5. The first-order chi connectivity index (χ1) is 12.9. The fourth-order valence-corrected chi connectivity index (χ4v) is 3.27. The van der Waals surface area contributed by atoms with Crippen molar-refractivity contribution in [2.45, 2.75) is 0 Å². The van der Waals surface area contributed by atoms with Gasteiger partial charge in [-0.15, -0.1) is 0 Å². The fourth-order valence-electron chi connectivity index (χ4n) is 2.03. The van der Waals surface area contributed by atoms with Crippen LogP contribution in [0.15, 0.2) is 42.1 Å². The molecule has 2 aromatic rings. The van der Waals surface area contributed by atoms with E-state index in [1.807, 2.05) is 12.1 Å². The zero-order chi connectivity index (χ0) is 20.0. The number of nitriles is 1. The fraction of sp³-hybridized carbons (Fsp3) is 0.111. The van der Waals surface area contributed by atoms with Crippen molar-refractivity contribution in [3.63, 3.8) is 0 Å². The average molecular weight is 518 g/mol. The lowest BCUT2D eigenvalue weighted by atomic mass is 10.2. The van der Waals surface area contributed by atoms with Gasteiger partial charge in [0.05, 0.1) is 33.5 Å². The van der Waals surface area contributed by atoms with Crippen LogP contribution < -0.4 is 20.1 Å². The third-order valence-corrected chi connectivity index (χ3v) is 4.84. The molecule has 0 aliphatic carbocycles. The zero-order valence-electron chi connectivity index (χ0n) is 14.3. The van der Waals surface area contributed by atoms with Crippen LogP contribution in [0.2, 0.25) is 10.0 Å². The molecule has 0 radical (unpaired) electrons. The number of anilines is 2. The molecule has 0 bridgehead atoms. The van der Waals surface area contributed by atoms with Crippen molar-refractivity contribution in [3.05, 3.63) is 55.7 Å². The maximum absolute atomic E-state index is 12.4. The van der Waals surface area contributed by atoms with Crippen molar-refractivity contribution < 1.29 is 14.3 Å². The first-order valence-electron chi connectivity index (χ1n) is 7.44. The molecule has 0 saturated heterocycles. The SMILES string of the molecule is COc1cc(NC(=O)C(C#N)=CNc2ccc(OC)c(I)c2)c(Cl)cc1Cl. The van der Waals surface area contributed by atoms with Gasteiger partial charge >= 0.3 is 0 Å². The summed E-state index contributed by atoms with van der Waals surface area (Å²) in [5.41, 5.74) is 0.848. The Morgan fingerprint density at radius 2 is 1.85 bits per heavy atom. The topological polar surface area (TPSA) is 83.4 Å². The normalized spacial score (nSPS) is 10.7. The van der Waals surface area contributed by atoms with Crippen LogP contribution >= 0.6 is 45.8 Å². The summed E-state index contributed by atoms with van der Waals surface area (Å²) in [6, 6.07) is 10.2. The van der Waals surface area contributed by atoms with Crippen molar-refractivity contribution in [1.82, 2.24) is 0 Å². The molecule has 2 rings (SSSR count). The number of methoxy groups -OCH3 is 2. The summed E-state index contributed by atoms with van der Waals surface area (Å²) in [4.78, 5) is 12.4. The lowest BCUT2D eigenvalue weighted by Gasteiger charge is -2.10. The van der Waals surface area contributed by atoms with Crippen LogP contribution in [0.4, 0.5) is 11.4 Å². The van der Waals surface area contributed by atoms with Gasteiger partial charge in [0, 0.05) is 18.0 Å². The first kappa shape index (κ1) is 21.2. The van der Waals surface area contributed by atoms with Gasteiger partial charge in [0.15, 0.2) is 0 Å². The molecule has 0 unspecified atom stereocenters. The summed E-state index contributed by atoms with van der Waals surface area (Å²) in [5, 5.41) is 15.3. The van der Waals surface area contributed by atoms with E-state index in [0.717, 1.165) is 9.32 Å². The number of benzene rings is 2. The molecule has 0 aliphatic rings. The third kappa shape index (κ3) is 5.42. The number of carbonyl (C=O) groups excluding carboxylic acids is 1. The maximum atomic E-state index is 12.4. The number of hydrogen-bond donors (Lipinski definition) is 2. The van der Waals surface area contributed by atoms with E-state index in [-0.39, 0.29) is 16.3 Å². The molecule has 9 heteroatoms. The molecular formula is C18H14Cl2IN3O3. The number of amides is 1. The summed E-state index contributed by atoms with van der Waals surface area (Å²) in [6.45, 7) is 0. The Hall–Kier alpha value is -2.15. The Labute approximate surface area is 180 Å². The predicted molar refractivity (Wildman–Crippen MR) is 115 cm³/mol. The quantitative estimate of drug-likeness (QED) is 0.317. The molecule has 0 saturated carbocycles. The van der Waals surface area contributed by atoms with E-state index >= 15 is 0 Å². The Morgan fingerprint density at radius 1 is 1.15 bits per heavy atom. The molecule has 0 atom stereocenters. The minimum absolute atomic E-state index is 0.134. The van der Waals surface area contributed by atoms with Crippen LogP contribution in [-0.4, -0.2) is 20.1 Å². The number of ether oxygens (including phenoxy) is 2. The molecule has 0 spiro atoms. The molecule has 0 aromatic heterocycles. The van der Waals surface area contributed by atoms with Crippen molar-refractivity contribution in [1.29, 1.82) is 5.26 Å². The Balaban J connectivity index is 2.17. The van der Waals surface area contributed by atoms with E-state index in [1.165, 1.54) is 25.4 Å². The number of carbonyl (C=O) groups is 1. The van der Waals surface area contributed by atoms with Gasteiger partial charge in [-0.1, -0.05) is 23.2 Å². The van der Waals surface area contributed by atoms with Crippen LogP contribution in [-0.2, 0) is 4.79 Å². The molecule has 140 valence electrons. The van der Waals surface area contributed by atoms with Crippen molar-refractivity contribution in [3.8, 4) is 17.6 Å². The minimum atomic E-state index is -0.625. The van der Waals surface area contributed by atoms with Crippen molar-refractivity contribution >= 4 is 63.1 Å². The zero-order valence-corrected chi connectivity index (χ0v) is 17.9. The van der Waals surface area contributed by atoms with Gasteiger partial charge in [0.1, 0.15) is 23.1 Å². The third-order valence-electron chi connectivity index (χ3n) is 3.39. The van der Waals surface area contributed by atoms with E-state index in [2.05, 4.69) is 33.2 Å². The highest BCUT2D eigenvalue weighted by molar-refractivity contribution is 14.1. The highest BCUT2D eigenvalue weighted by Gasteiger charge is 2.14. The van der Waals surface area contributed by atoms with E-state index in [0.29, 0.717) is 16.5 Å². The highest BCUT2D eigenvalue weighted by Crippen LogP contribution is 2.34. The standard InChI is InChI=1S/C18H14Cl2IN3O3/c1-26-16-4-3-11(5-14(16)21)23-9-10(8-22)18(25)24-15-7-17(27-2)13(20)6-12(15)19/h3-7,9,23H,1-2H3,(H,24,25). The summed E-state index contributed by atoms with van der Waals surface area (Å²) >= 11 is 14.2. The smallest absolute Gasteiger partial charge is 0.267 e. The molecule has 2 N–H and O–H groups in total. The number of halogens is 3. The van der Waals surface area contributed by atoms with Gasteiger partial charge in [0.2, 0.25) is 0 Å². The maximum Gasteiger partial charge on any atom is 0.267 e. The Kier molecular flexibility index (Phi) is 7.59. The molecule has 1 amide bonds. The van der Waals surface area contributed by atoms with Crippen molar-refractivity contribution in [2.75, 3.05) is 24.9 Å². The summed E-state index contributed by atoms with van der Waals surface area (Å²) in [6.07, 6.45) is 1.31. The summed E-state index contributed by atoms with van der Waals surface area (Å²) in [7, 11) is 3.03. The highest BCUT2D eigenvalue weighted by atomic mass is 127. The molecule has 0 heterocycles. The van der Waals surface area contributed by atoms with E-state index < -0.39 is 5.91 Å². The second kappa shape index (κ2) is 9.69. The first-order valence-corrected chi connectivity index (χ1v) is 9.27. The van der Waals surface area contributed by atoms with Gasteiger partial charge in [-0.2, -0.15) is 5.26 Å². The molecule has 0 aliphatic heterocycles. The van der Waals surface area contributed by atoms with E-state index in [4.69, 9.17) is 32.7 Å². The monoisotopic (exact) mass is 517 g/mol. The predicted octanol–water partition coefficient (Wildman–Crippen LogP) is 5.07. The number of rotatable bonds is 6. The molecule has 0 fully saturated rings. The minimum Gasteiger partial charge on any atom is -0.496 e. The second-order valence-electron chi connectivity index (χ2n) is 5.08. The lowest BCUT2D eigenvalue weighted by Crippen LogP contribution is -2.15. The van der Waals surface area contributed by atoms with E-state index in [9.17, 15) is 10.1 Å². The van der Waals surface area contributed by atoms with Crippen LogP contribution in [0, 0.1) is 14.9 Å².